The van der Waals surface area contributed by atoms with Crippen LogP contribution in [0.2, 0.25) is 0 Å². The zero-order valence-corrected chi connectivity index (χ0v) is 10.3. The zero-order chi connectivity index (χ0) is 10.5. The molecule has 4 heteroatoms. The van der Waals surface area contributed by atoms with Crippen LogP contribution in [0.1, 0.15) is 37.3 Å². The minimum Gasteiger partial charge on any atom is -0.369 e. The first-order valence-electron chi connectivity index (χ1n) is 5.52. The van der Waals surface area contributed by atoms with Gasteiger partial charge in [0.2, 0.25) is 0 Å². The molecule has 1 aliphatic carbocycles. The molecule has 0 bridgehead atoms. The Balaban J connectivity index is 2.04. The highest BCUT2D eigenvalue weighted by Gasteiger charge is 2.18. The minimum absolute atomic E-state index is 0.664. The molecule has 3 nitrogen and oxygen atoms in total. The van der Waals surface area contributed by atoms with Crippen molar-refractivity contribution in [3.63, 3.8) is 0 Å². The van der Waals surface area contributed by atoms with E-state index in [0.717, 1.165) is 17.7 Å². The van der Waals surface area contributed by atoms with E-state index in [0.29, 0.717) is 5.92 Å². The molecule has 1 fully saturated rings. The van der Waals surface area contributed by atoms with Gasteiger partial charge in [0.05, 0.1) is 0 Å². The van der Waals surface area contributed by atoms with Crippen LogP contribution in [0.3, 0.4) is 0 Å². The lowest BCUT2D eigenvalue weighted by Crippen LogP contribution is -2.06. The monoisotopic (exact) mass is 269 g/mol. The molecule has 0 spiro atoms. The zero-order valence-electron chi connectivity index (χ0n) is 8.75. The van der Waals surface area contributed by atoms with Crippen molar-refractivity contribution < 1.29 is 0 Å². The van der Waals surface area contributed by atoms with Gasteiger partial charge in [-0.1, -0.05) is 28.8 Å². The minimum atomic E-state index is 0.664. The molecule has 1 heterocycles. The number of nitrogens with zero attached hydrogens (tertiary/aromatic N) is 2. The second-order valence-electron chi connectivity index (χ2n) is 3.93. The number of aromatic nitrogens is 2. The third-order valence-corrected chi connectivity index (χ3v) is 3.26. The predicted octanol–water partition coefficient (Wildman–Crippen LogP) is 2.94. The summed E-state index contributed by atoms with van der Waals surface area (Å²) in [4.78, 5) is 8.57. The fraction of sp³-hybridized carbons (Fsp3) is 0.636. The summed E-state index contributed by atoms with van der Waals surface area (Å²) in [5.41, 5.74) is 1.21. The molecule has 0 atom stereocenters. The second-order valence-corrected chi connectivity index (χ2v) is 4.72. The highest BCUT2D eigenvalue weighted by Crippen LogP contribution is 2.33. The molecule has 0 aromatic carbocycles. The molecule has 1 saturated carbocycles. The van der Waals surface area contributed by atoms with Crippen molar-refractivity contribution in [2.45, 2.75) is 31.6 Å². The van der Waals surface area contributed by atoms with E-state index in [4.69, 9.17) is 0 Å². The number of rotatable bonds is 4. The summed E-state index contributed by atoms with van der Waals surface area (Å²) < 4.78 is 0. The molecule has 0 unspecified atom stereocenters. The van der Waals surface area contributed by atoms with Gasteiger partial charge in [0.1, 0.15) is 12.1 Å². The van der Waals surface area contributed by atoms with Gasteiger partial charge in [0, 0.05) is 29.6 Å². The van der Waals surface area contributed by atoms with Crippen LogP contribution in [0.25, 0.3) is 0 Å². The summed E-state index contributed by atoms with van der Waals surface area (Å²) in [6.45, 7) is 0.904. The van der Waals surface area contributed by atoms with Crippen molar-refractivity contribution in [2.75, 3.05) is 17.2 Å². The summed E-state index contributed by atoms with van der Waals surface area (Å²) >= 11 is 3.39. The molecule has 1 aliphatic rings. The lowest BCUT2D eigenvalue weighted by molar-refractivity contribution is 0.694. The van der Waals surface area contributed by atoms with Crippen LogP contribution >= 0.6 is 15.9 Å². The van der Waals surface area contributed by atoms with Crippen molar-refractivity contribution in [3.05, 3.63) is 18.1 Å². The molecule has 1 aromatic rings. The third-order valence-electron chi connectivity index (χ3n) is 2.86. The van der Waals surface area contributed by atoms with Gasteiger partial charge in [-0.25, -0.2) is 9.97 Å². The third kappa shape index (κ3) is 2.91. The average Bonchev–Trinajstić information content (AvgIpc) is 2.80. The Morgan fingerprint density at radius 1 is 1.33 bits per heavy atom. The van der Waals surface area contributed by atoms with E-state index < -0.39 is 0 Å². The second kappa shape index (κ2) is 5.45. The van der Waals surface area contributed by atoms with Crippen LogP contribution in [-0.2, 0) is 0 Å². The highest BCUT2D eigenvalue weighted by atomic mass is 79.9. The van der Waals surface area contributed by atoms with Gasteiger partial charge < -0.3 is 5.32 Å². The summed E-state index contributed by atoms with van der Waals surface area (Å²) in [5.74, 6) is 1.61. The van der Waals surface area contributed by atoms with Crippen molar-refractivity contribution in [3.8, 4) is 0 Å². The largest absolute Gasteiger partial charge is 0.369 e. The molecule has 0 amide bonds. The number of nitrogens with one attached hydrogen (secondary N) is 1. The van der Waals surface area contributed by atoms with E-state index in [1.807, 2.05) is 0 Å². The van der Waals surface area contributed by atoms with Crippen LogP contribution < -0.4 is 5.32 Å². The molecule has 0 saturated heterocycles. The Hall–Kier alpha value is -0.640. The quantitative estimate of drug-likeness (QED) is 0.855. The Kier molecular flexibility index (Phi) is 3.94. The first-order valence-corrected chi connectivity index (χ1v) is 6.64. The lowest BCUT2D eigenvalue weighted by Gasteiger charge is -2.09. The van der Waals surface area contributed by atoms with Crippen LogP contribution in [0, 0.1) is 0 Å². The summed E-state index contributed by atoms with van der Waals surface area (Å²) in [7, 11) is 0. The Morgan fingerprint density at radius 2 is 2.13 bits per heavy atom. The first kappa shape index (κ1) is 10.9. The fourth-order valence-electron chi connectivity index (χ4n) is 2.09. The summed E-state index contributed by atoms with van der Waals surface area (Å²) in [6.07, 6.45) is 6.94. The number of anilines is 1. The Morgan fingerprint density at radius 3 is 2.87 bits per heavy atom. The van der Waals surface area contributed by atoms with Gasteiger partial charge in [0.15, 0.2) is 0 Å². The molecule has 0 radical (unpaired) electrons. The molecule has 2 rings (SSSR count). The van der Waals surface area contributed by atoms with Crippen molar-refractivity contribution in [1.29, 1.82) is 0 Å². The number of halogens is 1. The van der Waals surface area contributed by atoms with Crippen LogP contribution in [0.4, 0.5) is 5.82 Å². The maximum absolute atomic E-state index is 4.37. The smallest absolute Gasteiger partial charge is 0.129 e. The molecule has 15 heavy (non-hydrogen) atoms. The van der Waals surface area contributed by atoms with Gasteiger partial charge in [0.25, 0.3) is 0 Å². The number of hydrogen-bond donors (Lipinski definition) is 1. The lowest BCUT2D eigenvalue weighted by atomic mass is 10.0. The predicted molar refractivity (Wildman–Crippen MR) is 65.5 cm³/mol. The van der Waals surface area contributed by atoms with Gasteiger partial charge in [-0.15, -0.1) is 0 Å². The van der Waals surface area contributed by atoms with Gasteiger partial charge in [-0.2, -0.15) is 0 Å². The van der Waals surface area contributed by atoms with Gasteiger partial charge >= 0.3 is 0 Å². The summed E-state index contributed by atoms with van der Waals surface area (Å²) in [6, 6.07) is 2.10. The van der Waals surface area contributed by atoms with E-state index in [9.17, 15) is 0 Å². The van der Waals surface area contributed by atoms with E-state index >= 15 is 0 Å². The highest BCUT2D eigenvalue weighted by molar-refractivity contribution is 9.09. The average molecular weight is 270 g/mol. The van der Waals surface area contributed by atoms with Crippen molar-refractivity contribution >= 4 is 21.7 Å². The van der Waals surface area contributed by atoms with E-state index in [2.05, 4.69) is 37.3 Å². The normalized spacial score (nSPS) is 16.9. The molecular weight excluding hydrogens is 254 g/mol. The summed E-state index contributed by atoms with van der Waals surface area (Å²) in [5, 5.41) is 4.20. The molecule has 82 valence electrons. The van der Waals surface area contributed by atoms with E-state index in [1.54, 1.807) is 6.33 Å². The van der Waals surface area contributed by atoms with Crippen LogP contribution in [0.15, 0.2) is 12.4 Å². The molecule has 1 N–H and O–H groups in total. The first-order chi connectivity index (χ1) is 7.40. The SMILES string of the molecule is BrCCNc1cc(C2CCCC2)ncn1. The molecular formula is C11H16BrN3. The number of hydrogen-bond acceptors (Lipinski definition) is 3. The van der Waals surface area contributed by atoms with Gasteiger partial charge in [-0.3, -0.25) is 0 Å². The molecule has 1 aromatic heterocycles. The molecule has 0 aliphatic heterocycles. The van der Waals surface area contributed by atoms with Gasteiger partial charge in [-0.05, 0) is 12.8 Å². The topological polar surface area (TPSA) is 37.8 Å². The standard InChI is InChI=1S/C11H16BrN3/c12-5-6-13-11-7-10(14-8-15-11)9-3-1-2-4-9/h7-9H,1-6H2,(H,13,14,15). The van der Waals surface area contributed by atoms with Crippen LogP contribution in [0.5, 0.6) is 0 Å². The van der Waals surface area contributed by atoms with E-state index in [-0.39, 0.29) is 0 Å². The maximum Gasteiger partial charge on any atom is 0.129 e. The van der Waals surface area contributed by atoms with E-state index in [1.165, 1.54) is 31.4 Å². The van der Waals surface area contributed by atoms with Crippen molar-refractivity contribution in [1.82, 2.24) is 9.97 Å². The Labute approximate surface area is 98.8 Å². The fourth-order valence-corrected chi connectivity index (χ4v) is 2.29. The van der Waals surface area contributed by atoms with Crippen LogP contribution in [-0.4, -0.2) is 21.8 Å². The maximum atomic E-state index is 4.37. The Bertz CT molecular complexity index is 310. The van der Waals surface area contributed by atoms with Crippen molar-refractivity contribution in [2.24, 2.45) is 0 Å². The number of alkyl halides is 1.